The van der Waals surface area contributed by atoms with Crippen LogP contribution in [0.25, 0.3) is 11.0 Å². The number of benzene rings is 1. The molecule has 140 valence electrons. The molecule has 7 heteroatoms. The van der Waals surface area contributed by atoms with Crippen molar-refractivity contribution >= 4 is 22.9 Å². The van der Waals surface area contributed by atoms with E-state index in [0.717, 1.165) is 30.3 Å². The Morgan fingerprint density at radius 1 is 1.12 bits per heavy atom. The van der Waals surface area contributed by atoms with Gasteiger partial charge < -0.3 is 10.4 Å². The van der Waals surface area contributed by atoms with Crippen molar-refractivity contribution in [1.29, 1.82) is 0 Å². The maximum absolute atomic E-state index is 12.7. The minimum absolute atomic E-state index is 0.0784. The number of imidazole rings is 1. The fourth-order valence-electron chi connectivity index (χ4n) is 3.84. The summed E-state index contributed by atoms with van der Waals surface area (Å²) in [5, 5.41) is 12.2. The summed E-state index contributed by atoms with van der Waals surface area (Å²) in [5.74, 6) is -1.30. The molecule has 1 fully saturated rings. The molecule has 0 saturated heterocycles. The molecule has 0 spiro atoms. The number of nitrogens with zero attached hydrogens (tertiary/aromatic N) is 2. The molecule has 2 N–H and O–H groups in total. The number of aliphatic carboxylic acids is 1. The maximum atomic E-state index is 12.7. The highest BCUT2D eigenvalue weighted by Gasteiger charge is 2.42. The topological polar surface area (TPSA) is 93.3 Å². The van der Waals surface area contributed by atoms with E-state index in [1.54, 1.807) is 9.13 Å². The lowest BCUT2D eigenvalue weighted by molar-refractivity contribution is -0.147. The second-order valence-electron chi connectivity index (χ2n) is 6.97. The average molecular weight is 359 g/mol. The molecular formula is C19H25N3O4. The van der Waals surface area contributed by atoms with Crippen LogP contribution in [0.2, 0.25) is 0 Å². The summed E-state index contributed by atoms with van der Waals surface area (Å²) in [6.07, 6.45) is 3.45. The predicted octanol–water partition coefficient (Wildman–Crippen LogP) is 2.12. The van der Waals surface area contributed by atoms with Gasteiger partial charge in [0.1, 0.15) is 5.54 Å². The molecular weight excluding hydrogens is 334 g/mol. The molecule has 26 heavy (non-hydrogen) atoms. The Morgan fingerprint density at radius 2 is 1.69 bits per heavy atom. The Labute approximate surface area is 151 Å². The summed E-state index contributed by atoms with van der Waals surface area (Å²) >= 11 is 0. The highest BCUT2D eigenvalue weighted by atomic mass is 16.4. The monoisotopic (exact) mass is 359 g/mol. The van der Waals surface area contributed by atoms with Gasteiger partial charge in [-0.15, -0.1) is 0 Å². The van der Waals surface area contributed by atoms with Gasteiger partial charge in [-0.05, 0) is 31.4 Å². The number of carboxylic acids is 1. The van der Waals surface area contributed by atoms with Crippen LogP contribution in [0.15, 0.2) is 29.1 Å². The molecule has 0 atom stereocenters. The van der Waals surface area contributed by atoms with E-state index in [1.807, 2.05) is 31.2 Å². The first-order chi connectivity index (χ1) is 12.5. The number of carboxylic acid groups (broad SMARTS) is 1. The van der Waals surface area contributed by atoms with Crippen molar-refractivity contribution in [3.05, 3.63) is 34.7 Å². The number of hydrogen-bond donors (Lipinski definition) is 2. The Morgan fingerprint density at radius 3 is 2.23 bits per heavy atom. The van der Waals surface area contributed by atoms with Crippen molar-refractivity contribution in [1.82, 2.24) is 14.5 Å². The molecule has 7 nitrogen and oxygen atoms in total. The fraction of sp³-hybridized carbons (Fsp3) is 0.526. The van der Waals surface area contributed by atoms with Crippen LogP contribution in [-0.4, -0.2) is 31.7 Å². The molecule has 0 unspecified atom stereocenters. The van der Waals surface area contributed by atoms with Crippen LogP contribution in [0.3, 0.4) is 0 Å². The smallest absolute Gasteiger partial charge is 0.329 e. The number of para-hydroxylation sites is 2. The molecule has 2 aromatic rings. The average Bonchev–Trinajstić information content (AvgIpc) is 3.19. The molecule has 1 aliphatic rings. The first-order valence-electron chi connectivity index (χ1n) is 9.21. The van der Waals surface area contributed by atoms with E-state index in [9.17, 15) is 19.5 Å². The lowest BCUT2D eigenvalue weighted by Gasteiger charge is -2.25. The molecule has 1 amide bonds. The van der Waals surface area contributed by atoms with Gasteiger partial charge in [-0.1, -0.05) is 31.9 Å². The standard InChI is InChI=1S/C19H25N3O4/c1-2-12-21-14-7-3-4-8-15(14)22(18(21)26)13-9-16(23)20-19(17(24)25)10-5-6-11-19/h3-4,7-8H,2,5-6,9-13H2,1H3,(H,20,23)(H,24,25). The number of fused-ring (bicyclic) bond motifs is 1. The molecule has 1 heterocycles. The minimum atomic E-state index is -1.14. The third kappa shape index (κ3) is 3.25. The number of rotatable bonds is 7. The van der Waals surface area contributed by atoms with Gasteiger partial charge in [-0.25, -0.2) is 9.59 Å². The Kier molecular flexibility index (Phi) is 5.15. The number of hydrogen-bond acceptors (Lipinski definition) is 3. The normalized spacial score (nSPS) is 16.0. The van der Waals surface area contributed by atoms with Crippen molar-refractivity contribution in [3.63, 3.8) is 0 Å². The number of carbonyl (C=O) groups excluding carboxylic acids is 1. The van der Waals surface area contributed by atoms with E-state index in [2.05, 4.69) is 5.32 Å². The van der Waals surface area contributed by atoms with E-state index >= 15 is 0 Å². The van der Waals surface area contributed by atoms with Gasteiger partial charge in [0, 0.05) is 19.5 Å². The van der Waals surface area contributed by atoms with Gasteiger partial charge in [0.25, 0.3) is 0 Å². The molecule has 1 saturated carbocycles. The third-order valence-electron chi connectivity index (χ3n) is 5.18. The van der Waals surface area contributed by atoms with E-state index < -0.39 is 11.5 Å². The van der Waals surface area contributed by atoms with E-state index in [4.69, 9.17) is 0 Å². The lowest BCUT2D eigenvalue weighted by Crippen LogP contribution is -2.52. The van der Waals surface area contributed by atoms with Gasteiger partial charge in [0.15, 0.2) is 0 Å². The first kappa shape index (κ1) is 18.2. The van der Waals surface area contributed by atoms with Crippen molar-refractivity contribution in [2.75, 3.05) is 0 Å². The van der Waals surface area contributed by atoms with Crippen LogP contribution in [0, 0.1) is 0 Å². The fourth-order valence-corrected chi connectivity index (χ4v) is 3.84. The second kappa shape index (κ2) is 7.35. The Hall–Kier alpha value is -2.57. The Bertz CT molecular complexity index is 875. The largest absolute Gasteiger partial charge is 0.480 e. The summed E-state index contributed by atoms with van der Waals surface area (Å²) in [6.45, 7) is 2.87. The van der Waals surface area contributed by atoms with Crippen LogP contribution in [0.4, 0.5) is 0 Å². The number of nitrogens with one attached hydrogen (secondary N) is 1. The van der Waals surface area contributed by atoms with E-state index in [1.165, 1.54) is 0 Å². The molecule has 0 bridgehead atoms. The molecule has 1 aromatic carbocycles. The van der Waals surface area contributed by atoms with Crippen LogP contribution >= 0.6 is 0 Å². The summed E-state index contributed by atoms with van der Waals surface area (Å²) in [7, 11) is 0. The van der Waals surface area contributed by atoms with E-state index in [0.29, 0.717) is 19.4 Å². The van der Waals surface area contributed by atoms with Gasteiger partial charge in [0.05, 0.1) is 11.0 Å². The summed E-state index contributed by atoms with van der Waals surface area (Å²) in [4.78, 5) is 36.6. The number of carbonyl (C=O) groups is 2. The molecule has 3 rings (SSSR count). The summed E-state index contributed by atoms with van der Waals surface area (Å²) in [5.41, 5.74) is 0.387. The quantitative estimate of drug-likeness (QED) is 0.792. The molecule has 1 aliphatic carbocycles. The van der Waals surface area contributed by atoms with Crippen molar-refractivity contribution in [2.45, 2.75) is 64.1 Å². The SMILES string of the molecule is CCCn1c(=O)n(CCC(=O)NC2(C(=O)O)CCCC2)c2ccccc21. The van der Waals surface area contributed by atoms with Gasteiger partial charge in [-0.2, -0.15) is 0 Å². The van der Waals surface area contributed by atoms with Gasteiger partial charge >= 0.3 is 11.7 Å². The Balaban J connectivity index is 1.77. The van der Waals surface area contributed by atoms with Crippen molar-refractivity contribution in [2.24, 2.45) is 0 Å². The van der Waals surface area contributed by atoms with Crippen molar-refractivity contribution < 1.29 is 14.7 Å². The van der Waals surface area contributed by atoms with Crippen LogP contribution in [0.5, 0.6) is 0 Å². The molecule has 0 aliphatic heterocycles. The molecule has 1 aromatic heterocycles. The highest BCUT2D eigenvalue weighted by molar-refractivity contribution is 5.87. The van der Waals surface area contributed by atoms with Gasteiger partial charge in [-0.3, -0.25) is 13.9 Å². The van der Waals surface area contributed by atoms with Crippen molar-refractivity contribution in [3.8, 4) is 0 Å². The zero-order chi connectivity index (χ0) is 18.7. The lowest BCUT2D eigenvalue weighted by atomic mass is 9.97. The molecule has 0 radical (unpaired) electrons. The number of amides is 1. The summed E-state index contributed by atoms with van der Waals surface area (Å²) < 4.78 is 3.33. The second-order valence-corrected chi connectivity index (χ2v) is 6.97. The zero-order valence-electron chi connectivity index (χ0n) is 15.0. The van der Waals surface area contributed by atoms with Crippen LogP contribution in [-0.2, 0) is 22.7 Å². The minimum Gasteiger partial charge on any atom is -0.480 e. The predicted molar refractivity (Wildman–Crippen MR) is 98.1 cm³/mol. The number of aryl methyl sites for hydroxylation is 2. The highest BCUT2D eigenvalue weighted by Crippen LogP contribution is 2.30. The maximum Gasteiger partial charge on any atom is 0.329 e. The van der Waals surface area contributed by atoms with E-state index in [-0.39, 0.29) is 24.6 Å². The zero-order valence-corrected chi connectivity index (χ0v) is 15.0. The first-order valence-corrected chi connectivity index (χ1v) is 9.21. The number of aromatic nitrogens is 2. The van der Waals surface area contributed by atoms with Crippen LogP contribution in [0.1, 0.15) is 45.4 Å². The van der Waals surface area contributed by atoms with Gasteiger partial charge in [0.2, 0.25) is 5.91 Å². The summed E-state index contributed by atoms with van der Waals surface area (Å²) in [6, 6.07) is 7.53. The van der Waals surface area contributed by atoms with Crippen LogP contribution < -0.4 is 11.0 Å². The third-order valence-corrected chi connectivity index (χ3v) is 5.18.